The van der Waals surface area contributed by atoms with Crippen LogP contribution in [0.2, 0.25) is 0 Å². The smallest absolute Gasteiger partial charge is 0.408 e. The van der Waals surface area contributed by atoms with Crippen molar-refractivity contribution in [3.63, 3.8) is 0 Å². The van der Waals surface area contributed by atoms with Gasteiger partial charge in [0.05, 0.1) is 0 Å². The summed E-state index contributed by atoms with van der Waals surface area (Å²) in [7, 11) is 0. The van der Waals surface area contributed by atoms with Gasteiger partial charge in [0.2, 0.25) is 0 Å². The first-order valence-electron chi connectivity index (χ1n) is 5.97. The first-order valence-corrected chi connectivity index (χ1v) is 5.97. The van der Waals surface area contributed by atoms with Gasteiger partial charge in [-0.15, -0.1) is 0 Å². The molecule has 1 unspecified atom stereocenters. The van der Waals surface area contributed by atoms with Crippen LogP contribution in [0, 0.1) is 5.92 Å². The average Bonchev–Trinajstić information content (AvgIpc) is 2.24. The molecule has 8 nitrogen and oxygen atoms in total. The highest BCUT2D eigenvalue weighted by atomic mass is 16.6. The van der Waals surface area contributed by atoms with Gasteiger partial charge in [-0.3, -0.25) is 9.59 Å². The zero-order valence-corrected chi connectivity index (χ0v) is 11.8. The number of Topliss-reactive ketones (excluding diaryl/α,β-unsaturated/α-hetero) is 1. The van der Waals surface area contributed by atoms with Crippen molar-refractivity contribution in [1.29, 1.82) is 0 Å². The third kappa shape index (κ3) is 5.68. The average molecular weight is 289 g/mol. The van der Waals surface area contributed by atoms with Crippen LogP contribution in [-0.2, 0) is 19.1 Å². The molecule has 0 bridgehead atoms. The van der Waals surface area contributed by atoms with Crippen molar-refractivity contribution in [2.75, 3.05) is 0 Å². The van der Waals surface area contributed by atoms with Crippen molar-refractivity contribution in [2.24, 2.45) is 5.92 Å². The fourth-order valence-corrected chi connectivity index (χ4v) is 1.41. The monoisotopic (exact) mass is 289 g/mol. The summed E-state index contributed by atoms with van der Waals surface area (Å²) in [5, 5.41) is 19.9. The second kappa shape index (κ2) is 6.88. The minimum absolute atomic E-state index is 0.156. The van der Waals surface area contributed by atoms with Crippen LogP contribution in [0.3, 0.4) is 0 Å². The van der Waals surface area contributed by atoms with E-state index in [0.29, 0.717) is 0 Å². The van der Waals surface area contributed by atoms with Crippen molar-refractivity contribution >= 4 is 23.8 Å². The van der Waals surface area contributed by atoms with Crippen LogP contribution in [0.1, 0.15) is 34.1 Å². The lowest BCUT2D eigenvalue weighted by Gasteiger charge is -2.24. The maximum absolute atomic E-state index is 11.5. The van der Waals surface area contributed by atoms with Crippen LogP contribution in [0.4, 0.5) is 4.79 Å². The predicted molar refractivity (Wildman–Crippen MR) is 67.2 cm³/mol. The van der Waals surface area contributed by atoms with Crippen LogP contribution in [0.5, 0.6) is 0 Å². The van der Waals surface area contributed by atoms with Crippen molar-refractivity contribution < 1.29 is 34.1 Å². The molecule has 1 amide bonds. The number of aliphatic carboxylic acids is 2. The molecule has 2 atom stereocenters. The van der Waals surface area contributed by atoms with E-state index in [4.69, 9.17) is 14.9 Å². The van der Waals surface area contributed by atoms with Crippen molar-refractivity contribution in [3.8, 4) is 0 Å². The van der Waals surface area contributed by atoms with E-state index in [0.717, 1.165) is 0 Å². The normalized spacial score (nSPS) is 14.0. The Labute approximate surface area is 116 Å². The van der Waals surface area contributed by atoms with Gasteiger partial charge in [0, 0.05) is 6.42 Å². The van der Waals surface area contributed by atoms with Crippen LogP contribution in [0.15, 0.2) is 0 Å². The number of carbonyl (C=O) groups excluding carboxylic acids is 2. The number of hydrogen-bond acceptors (Lipinski definition) is 5. The molecule has 114 valence electrons. The summed E-state index contributed by atoms with van der Waals surface area (Å²) in [6.45, 7) is 6.10. The molecule has 0 radical (unpaired) electrons. The van der Waals surface area contributed by atoms with Gasteiger partial charge in [0.1, 0.15) is 23.3 Å². The number of carboxylic acid groups (broad SMARTS) is 2. The fourth-order valence-electron chi connectivity index (χ4n) is 1.41. The Hall–Kier alpha value is -2.12. The molecule has 0 aromatic heterocycles. The van der Waals surface area contributed by atoms with Gasteiger partial charge in [-0.25, -0.2) is 9.59 Å². The predicted octanol–water partition coefficient (Wildman–Crippen LogP) is 0.644. The summed E-state index contributed by atoms with van der Waals surface area (Å²) >= 11 is 0. The Bertz CT molecular complexity index is 411. The second-order valence-corrected chi connectivity index (χ2v) is 5.10. The number of amides is 1. The van der Waals surface area contributed by atoms with Crippen LogP contribution in [0.25, 0.3) is 0 Å². The van der Waals surface area contributed by atoms with Gasteiger partial charge in [-0.05, 0) is 20.8 Å². The highest BCUT2D eigenvalue weighted by molar-refractivity contribution is 6.03. The van der Waals surface area contributed by atoms with Gasteiger partial charge in [0.15, 0.2) is 0 Å². The van der Waals surface area contributed by atoms with Crippen molar-refractivity contribution in [3.05, 3.63) is 0 Å². The second-order valence-electron chi connectivity index (χ2n) is 5.10. The number of ketones is 1. The lowest BCUT2D eigenvalue weighted by Crippen LogP contribution is -2.52. The standard InChI is InChI=1S/C12H19NO7/c1-5-6(14)7(9(15)16)8(10(17)18)13-11(19)20-12(2,3)4/h7-8H,5H2,1-4H3,(H,13,19)(H,15,16)(H,17,18)/t7?,8-/m1/s1. The third-order valence-electron chi connectivity index (χ3n) is 2.23. The Kier molecular flexibility index (Phi) is 6.15. The maximum atomic E-state index is 11.5. The van der Waals surface area contributed by atoms with E-state index in [9.17, 15) is 19.2 Å². The Morgan fingerprint density at radius 3 is 1.90 bits per heavy atom. The van der Waals surface area contributed by atoms with Gasteiger partial charge < -0.3 is 20.3 Å². The van der Waals surface area contributed by atoms with E-state index < -0.39 is 41.4 Å². The zero-order valence-electron chi connectivity index (χ0n) is 11.8. The number of carboxylic acids is 2. The number of nitrogens with one attached hydrogen (secondary N) is 1. The van der Waals surface area contributed by atoms with E-state index in [-0.39, 0.29) is 6.42 Å². The fraction of sp³-hybridized carbons (Fsp3) is 0.667. The van der Waals surface area contributed by atoms with Crippen LogP contribution < -0.4 is 5.32 Å². The number of carbonyl (C=O) groups is 4. The molecule has 0 saturated carbocycles. The maximum Gasteiger partial charge on any atom is 0.408 e. The minimum Gasteiger partial charge on any atom is -0.481 e. The Morgan fingerprint density at radius 1 is 1.10 bits per heavy atom. The molecule has 3 N–H and O–H groups in total. The molecule has 0 saturated heterocycles. The summed E-state index contributed by atoms with van der Waals surface area (Å²) in [5.74, 6) is -5.88. The lowest BCUT2D eigenvalue weighted by molar-refractivity contribution is -0.154. The molecule has 0 aliphatic heterocycles. The van der Waals surface area contributed by atoms with Gasteiger partial charge in [-0.2, -0.15) is 0 Å². The molecule has 0 aliphatic carbocycles. The van der Waals surface area contributed by atoms with E-state index in [1.54, 1.807) is 20.8 Å². The van der Waals surface area contributed by atoms with E-state index in [2.05, 4.69) is 0 Å². The largest absolute Gasteiger partial charge is 0.481 e. The van der Waals surface area contributed by atoms with Crippen LogP contribution in [-0.4, -0.2) is 45.7 Å². The highest BCUT2D eigenvalue weighted by Crippen LogP contribution is 2.12. The lowest BCUT2D eigenvalue weighted by atomic mass is 9.93. The summed E-state index contributed by atoms with van der Waals surface area (Å²) in [6, 6.07) is -1.88. The van der Waals surface area contributed by atoms with Gasteiger partial charge in [0.25, 0.3) is 0 Å². The molecule has 0 aromatic carbocycles. The molecule has 8 heteroatoms. The third-order valence-corrected chi connectivity index (χ3v) is 2.23. The molecular formula is C12H19NO7. The molecular weight excluding hydrogens is 270 g/mol. The number of alkyl carbamates (subject to hydrolysis) is 1. The molecule has 0 aliphatic rings. The SMILES string of the molecule is CCC(=O)C(C(=O)O)[C@@H](NC(=O)OC(C)(C)C)C(=O)O. The molecule has 0 fully saturated rings. The summed E-state index contributed by atoms with van der Waals surface area (Å²) < 4.78 is 4.84. The molecule has 20 heavy (non-hydrogen) atoms. The van der Waals surface area contributed by atoms with Crippen molar-refractivity contribution in [1.82, 2.24) is 5.32 Å². The Balaban J connectivity index is 5.14. The number of rotatable bonds is 6. The number of hydrogen-bond donors (Lipinski definition) is 3. The minimum atomic E-state index is -1.88. The molecule has 0 rings (SSSR count). The van der Waals surface area contributed by atoms with Crippen molar-refractivity contribution in [2.45, 2.75) is 45.8 Å². The summed E-state index contributed by atoms with van der Waals surface area (Å²) in [5.41, 5.74) is -0.874. The van der Waals surface area contributed by atoms with Gasteiger partial charge >= 0.3 is 18.0 Å². The number of ether oxygens (including phenoxy) is 1. The van der Waals surface area contributed by atoms with E-state index >= 15 is 0 Å². The van der Waals surface area contributed by atoms with Gasteiger partial charge in [-0.1, -0.05) is 6.92 Å². The van der Waals surface area contributed by atoms with E-state index in [1.165, 1.54) is 6.92 Å². The van der Waals surface area contributed by atoms with Crippen LogP contribution >= 0.6 is 0 Å². The van der Waals surface area contributed by atoms with E-state index in [1.807, 2.05) is 5.32 Å². The first kappa shape index (κ1) is 17.9. The summed E-state index contributed by atoms with van der Waals surface area (Å²) in [4.78, 5) is 45.2. The Morgan fingerprint density at radius 2 is 1.60 bits per heavy atom. The highest BCUT2D eigenvalue weighted by Gasteiger charge is 2.40. The molecule has 0 heterocycles. The topological polar surface area (TPSA) is 130 Å². The molecule has 0 spiro atoms. The first-order chi connectivity index (χ1) is 8.99. The quantitative estimate of drug-likeness (QED) is 0.612. The summed E-state index contributed by atoms with van der Waals surface area (Å²) in [6.07, 6.45) is -1.25. The molecule has 0 aromatic rings. The zero-order chi connectivity index (χ0) is 16.1.